The van der Waals surface area contributed by atoms with Crippen LogP contribution in [0.15, 0.2) is 54.6 Å². The highest BCUT2D eigenvalue weighted by atomic mass is 32.2. The quantitative estimate of drug-likeness (QED) is 0.761. The summed E-state index contributed by atoms with van der Waals surface area (Å²) in [5, 5.41) is 9.99. The van der Waals surface area contributed by atoms with Gasteiger partial charge in [-0.15, -0.1) is 0 Å². The Kier molecular flexibility index (Phi) is 5.21. The van der Waals surface area contributed by atoms with Crippen molar-refractivity contribution >= 4 is 21.6 Å². The second-order valence-corrected chi connectivity index (χ2v) is 9.87. The van der Waals surface area contributed by atoms with E-state index in [0.29, 0.717) is 23.1 Å². The van der Waals surface area contributed by atoms with Crippen LogP contribution in [0.4, 0.5) is 13.2 Å². The molecule has 1 aliphatic carbocycles. The standard InChI is InChI=1S/C22H20F3NO4S/c23-22(24,25)18-7-5-15(6-8-18)16-10-13-26(14-11-16)31(29,30)21(20(27)28)12-9-17-3-1-2-4-19(17)21/h1-8,10H,9,11-14H2,(H,27,28). The van der Waals surface area contributed by atoms with Crippen molar-refractivity contribution in [2.24, 2.45) is 0 Å². The number of rotatable bonds is 4. The molecule has 164 valence electrons. The van der Waals surface area contributed by atoms with E-state index in [0.717, 1.165) is 22.0 Å². The van der Waals surface area contributed by atoms with Gasteiger partial charge in [0, 0.05) is 13.1 Å². The van der Waals surface area contributed by atoms with Crippen LogP contribution in [0.5, 0.6) is 0 Å². The molecule has 0 spiro atoms. The average molecular weight is 451 g/mol. The number of aliphatic carboxylic acids is 1. The number of carbonyl (C=O) groups is 1. The van der Waals surface area contributed by atoms with E-state index < -0.39 is 32.5 Å². The van der Waals surface area contributed by atoms with Crippen LogP contribution in [-0.2, 0) is 32.2 Å². The third kappa shape index (κ3) is 3.45. The molecule has 1 aliphatic heterocycles. The first-order valence-electron chi connectivity index (χ1n) is 9.75. The van der Waals surface area contributed by atoms with E-state index in [4.69, 9.17) is 0 Å². The summed E-state index contributed by atoms with van der Waals surface area (Å²) in [5.74, 6) is -1.39. The maximum absolute atomic E-state index is 13.5. The van der Waals surface area contributed by atoms with Crippen LogP contribution in [0, 0.1) is 0 Å². The monoisotopic (exact) mass is 451 g/mol. The lowest BCUT2D eigenvalue weighted by molar-refractivity contribution is -0.140. The first kappa shape index (κ1) is 21.6. The van der Waals surface area contributed by atoms with Crippen LogP contribution in [0.25, 0.3) is 5.57 Å². The molecule has 0 saturated heterocycles. The smallest absolute Gasteiger partial charge is 0.416 e. The molecule has 2 aliphatic rings. The highest BCUT2D eigenvalue weighted by Gasteiger charge is 2.58. The Labute approximate surface area is 177 Å². The Balaban J connectivity index is 1.62. The second kappa shape index (κ2) is 7.49. The molecule has 1 heterocycles. The third-order valence-corrected chi connectivity index (χ3v) is 8.57. The number of alkyl halides is 3. The molecule has 0 aromatic heterocycles. The molecule has 0 bridgehead atoms. The Morgan fingerprint density at radius 1 is 1.03 bits per heavy atom. The predicted molar refractivity (Wildman–Crippen MR) is 109 cm³/mol. The van der Waals surface area contributed by atoms with Crippen molar-refractivity contribution in [3.8, 4) is 0 Å². The van der Waals surface area contributed by atoms with Crippen LogP contribution in [0.1, 0.15) is 35.1 Å². The first-order valence-corrected chi connectivity index (χ1v) is 11.2. The summed E-state index contributed by atoms with van der Waals surface area (Å²) in [6, 6.07) is 11.4. The molecule has 31 heavy (non-hydrogen) atoms. The summed E-state index contributed by atoms with van der Waals surface area (Å²) >= 11 is 0. The lowest BCUT2D eigenvalue weighted by Gasteiger charge is -2.34. The van der Waals surface area contributed by atoms with Gasteiger partial charge in [-0.2, -0.15) is 17.5 Å². The van der Waals surface area contributed by atoms with E-state index in [2.05, 4.69) is 0 Å². The third-order valence-electron chi connectivity index (χ3n) is 6.08. The minimum atomic E-state index is -4.42. The number of aryl methyl sites for hydroxylation is 1. The van der Waals surface area contributed by atoms with Gasteiger partial charge in [-0.1, -0.05) is 42.5 Å². The molecule has 2 aromatic carbocycles. The molecule has 0 radical (unpaired) electrons. The predicted octanol–water partition coefficient (Wildman–Crippen LogP) is 4.05. The zero-order chi connectivity index (χ0) is 22.4. The van der Waals surface area contributed by atoms with Crippen molar-refractivity contribution in [3.63, 3.8) is 0 Å². The number of benzene rings is 2. The van der Waals surface area contributed by atoms with Crippen molar-refractivity contribution < 1.29 is 31.5 Å². The Morgan fingerprint density at radius 2 is 1.71 bits per heavy atom. The summed E-state index contributed by atoms with van der Waals surface area (Å²) in [7, 11) is -4.23. The first-order chi connectivity index (χ1) is 14.6. The molecular weight excluding hydrogens is 431 g/mol. The number of hydrogen-bond acceptors (Lipinski definition) is 3. The Bertz CT molecular complexity index is 1160. The molecule has 1 N–H and O–H groups in total. The number of nitrogens with zero attached hydrogens (tertiary/aromatic N) is 1. The van der Waals surface area contributed by atoms with E-state index in [1.807, 2.05) is 0 Å². The van der Waals surface area contributed by atoms with Gasteiger partial charge >= 0.3 is 12.1 Å². The summed E-state index contributed by atoms with van der Waals surface area (Å²) in [6.07, 6.45) is -2.17. The molecule has 1 atom stereocenters. The van der Waals surface area contributed by atoms with E-state index in [1.54, 1.807) is 30.3 Å². The van der Waals surface area contributed by atoms with Gasteiger partial charge in [-0.25, -0.2) is 8.42 Å². The summed E-state index contributed by atoms with van der Waals surface area (Å²) < 4.78 is 64.4. The fourth-order valence-corrected chi connectivity index (χ4v) is 6.50. The van der Waals surface area contributed by atoms with Crippen LogP contribution >= 0.6 is 0 Å². The second-order valence-electron chi connectivity index (χ2n) is 7.71. The fraction of sp³-hybridized carbons (Fsp3) is 0.318. The van der Waals surface area contributed by atoms with Crippen LogP contribution in [0.2, 0.25) is 0 Å². The molecule has 9 heteroatoms. The van der Waals surface area contributed by atoms with E-state index in [9.17, 15) is 31.5 Å². The van der Waals surface area contributed by atoms with Crippen molar-refractivity contribution in [2.45, 2.75) is 30.2 Å². The fourth-order valence-electron chi connectivity index (χ4n) is 4.40. The van der Waals surface area contributed by atoms with Gasteiger partial charge in [0.25, 0.3) is 0 Å². The maximum Gasteiger partial charge on any atom is 0.416 e. The van der Waals surface area contributed by atoms with Crippen molar-refractivity contribution in [3.05, 3.63) is 76.9 Å². The Hall–Kier alpha value is -2.65. The summed E-state index contributed by atoms with van der Waals surface area (Å²) in [6.45, 7) is 0.0300. The van der Waals surface area contributed by atoms with E-state index in [1.165, 1.54) is 12.1 Å². The molecule has 0 fully saturated rings. The molecule has 0 amide bonds. The lowest BCUT2D eigenvalue weighted by Crippen LogP contribution is -2.51. The van der Waals surface area contributed by atoms with Gasteiger partial charge in [-0.05, 0) is 53.7 Å². The molecule has 5 nitrogen and oxygen atoms in total. The van der Waals surface area contributed by atoms with Crippen molar-refractivity contribution in [2.75, 3.05) is 13.1 Å². The highest BCUT2D eigenvalue weighted by molar-refractivity contribution is 7.90. The molecule has 4 rings (SSSR count). The zero-order valence-electron chi connectivity index (χ0n) is 16.4. The minimum Gasteiger partial charge on any atom is -0.480 e. The van der Waals surface area contributed by atoms with Crippen LogP contribution in [-0.4, -0.2) is 36.9 Å². The number of carboxylic acids is 1. The minimum absolute atomic E-state index is 0.0318. The largest absolute Gasteiger partial charge is 0.480 e. The lowest BCUT2D eigenvalue weighted by atomic mass is 9.99. The van der Waals surface area contributed by atoms with E-state index >= 15 is 0 Å². The molecule has 2 aromatic rings. The van der Waals surface area contributed by atoms with Gasteiger partial charge in [0.2, 0.25) is 14.8 Å². The molecule has 0 saturated carbocycles. The van der Waals surface area contributed by atoms with Crippen LogP contribution < -0.4 is 0 Å². The number of sulfonamides is 1. The number of carboxylic acid groups (broad SMARTS) is 1. The van der Waals surface area contributed by atoms with E-state index in [-0.39, 0.29) is 25.9 Å². The zero-order valence-corrected chi connectivity index (χ0v) is 17.2. The van der Waals surface area contributed by atoms with Gasteiger partial charge in [0.05, 0.1) is 5.56 Å². The van der Waals surface area contributed by atoms with Gasteiger partial charge in [-0.3, -0.25) is 4.79 Å². The number of fused-ring (bicyclic) bond motifs is 1. The van der Waals surface area contributed by atoms with Crippen molar-refractivity contribution in [1.29, 1.82) is 0 Å². The summed E-state index contributed by atoms with van der Waals surface area (Å²) in [5.41, 5.74) is 1.59. The van der Waals surface area contributed by atoms with Gasteiger partial charge in [0.15, 0.2) is 0 Å². The van der Waals surface area contributed by atoms with Crippen LogP contribution in [0.3, 0.4) is 0 Å². The number of hydrogen-bond donors (Lipinski definition) is 1. The topological polar surface area (TPSA) is 74.7 Å². The van der Waals surface area contributed by atoms with Crippen molar-refractivity contribution in [1.82, 2.24) is 4.31 Å². The highest BCUT2D eigenvalue weighted by Crippen LogP contribution is 2.45. The molecule has 1 unspecified atom stereocenters. The average Bonchev–Trinajstić information content (AvgIpc) is 3.15. The Morgan fingerprint density at radius 3 is 2.29 bits per heavy atom. The SMILES string of the molecule is O=C(O)C1(S(=O)(=O)N2CC=C(c3ccc(C(F)(F)F)cc3)CC2)CCc2ccccc21. The molecular formula is C22H20F3NO4S. The summed E-state index contributed by atoms with van der Waals surface area (Å²) in [4.78, 5) is 12.3. The van der Waals surface area contributed by atoms with Gasteiger partial charge in [0.1, 0.15) is 0 Å². The number of halogens is 3. The normalized spacial score (nSPS) is 22.1. The van der Waals surface area contributed by atoms with Gasteiger partial charge < -0.3 is 5.11 Å². The maximum atomic E-state index is 13.5.